The van der Waals surface area contributed by atoms with Crippen LogP contribution in [0.15, 0.2) is 77.7 Å². The standard InChI is InChI=1S/C22H17ClN4O3S2/c23-22-27-19(14-4-3-5-15(24)12-14)20(31-22)21(28)26-16-10-8-13(9-11-16)17-6-1-2-7-18(17)32(25,29)30/h1-12H,24H2,(H,26,28)(H2,25,29,30). The van der Waals surface area contributed by atoms with Crippen molar-refractivity contribution in [1.82, 2.24) is 4.98 Å². The quantitative estimate of drug-likeness (QED) is 0.356. The molecule has 162 valence electrons. The fourth-order valence-corrected chi connectivity index (χ4v) is 4.99. The third-order valence-corrected chi connectivity index (χ3v) is 6.74. The van der Waals surface area contributed by atoms with Crippen molar-refractivity contribution < 1.29 is 13.2 Å². The first-order valence-corrected chi connectivity index (χ1v) is 12.0. The van der Waals surface area contributed by atoms with E-state index in [1.165, 1.54) is 6.07 Å². The largest absolute Gasteiger partial charge is 0.399 e. The summed E-state index contributed by atoms with van der Waals surface area (Å²) in [5.74, 6) is -0.371. The summed E-state index contributed by atoms with van der Waals surface area (Å²) in [7, 11) is -3.88. The summed E-state index contributed by atoms with van der Waals surface area (Å²) in [6.07, 6.45) is 0. The molecule has 10 heteroatoms. The van der Waals surface area contributed by atoms with Crippen molar-refractivity contribution in [3.63, 3.8) is 0 Å². The van der Waals surface area contributed by atoms with E-state index in [4.69, 9.17) is 22.5 Å². The molecule has 4 rings (SSSR count). The van der Waals surface area contributed by atoms with E-state index in [1.807, 2.05) is 0 Å². The maximum absolute atomic E-state index is 12.9. The molecule has 5 N–H and O–H groups in total. The lowest BCUT2D eigenvalue weighted by atomic mass is 10.1. The molecule has 0 aliphatic rings. The molecule has 1 aromatic heterocycles. The van der Waals surface area contributed by atoms with Crippen LogP contribution in [0.2, 0.25) is 4.47 Å². The number of aromatic nitrogens is 1. The topological polar surface area (TPSA) is 128 Å². The van der Waals surface area contributed by atoms with E-state index in [1.54, 1.807) is 66.7 Å². The lowest BCUT2D eigenvalue weighted by molar-refractivity contribution is 0.103. The molecule has 0 saturated heterocycles. The van der Waals surface area contributed by atoms with Crippen LogP contribution < -0.4 is 16.2 Å². The lowest BCUT2D eigenvalue weighted by Gasteiger charge is -2.10. The molecule has 1 amide bonds. The first-order chi connectivity index (χ1) is 15.2. The average molecular weight is 485 g/mol. The highest BCUT2D eigenvalue weighted by molar-refractivity contribution is 7.89. The molecule has 1 heterocycles. The van der Waals surface area contributed by atoms with E-state index in [-0.39, 0.29) is 15.3 Å². The molecular formula is C22H17ClN4O3S2. The number of nitrogens with one attached hydrogen (secondary N) is 1. The van der Waals surface area contributed by atoms with Gasteiger partial charge in [0, 0.05) is 22.5 Å². The van der Waals surface area contributed by atoms with Gasteiger partial charge in [-0.15, -0.1) is 0 Å². The van der Waals surface area contributed by atoms with Crippen LogP contribution in [0.1, 0.15) is 9.67 Å². The Balaban J connectivity index is 1.61. The number of sulfonamides is 1. The normalized spacial score (nSPS) is 11.3. The van der Waals surface area contributed by atoms with Crippen LogP contribution in [0.25, 0.3) is 22.4 Å². The van der Waals surface area contributed by atoms with Crippen molar-refractivity contribution in [2.24, 2.45) is 5.14 Å². The summed E-state index contributed by atoms with van der Waals surface area (Å²) in [6.45, 7) is 0. The van der Waals surface area contributed by atoms with Gasteiger partial charge in [-0.1, -0.05) is 65.4 Å². The second-order valence-corrected chi connectivity index (χ2v) is 9.95. The van der Waals surface area contributed by atoms with Gasteiger partial charge in [0.05, 0.1) is 10.6 Å². The number of nitrogens with zero attached hydrogens (tertiary/aromatic N) is 1. The molecule has 4 aromatic rings. The van der Waals surface area contributed by atoms with Crippen LogP contribution in [-0.4, -0.2) is 19.3 Å². The number of carbonyl (C=O) groups is 1. The van der Waals surface area contributed by atoms with Crippen LogP contribution >= 0.6 is 22.9 Å². The fourth-order valence-electron chi connectivity index (χ4n) is 3.20. The SMILES string of the molecule is Nc1cccc(-c2nc(Cl)sc2C(=O)Nc2ccc(-c3ccccc3S(N)(=O)=O)cc2)c1. The summed E-state index contributed by atoms with van der Waals surface area (Å²) >= 11 is 7.15. The predicted octanol–water partition coefficient (Wildman–Crippen LogP) is 4.61. The average Bonchev–Trinajstić information content (AvgIpc) is 3.16. The number of benzene rings is 3. The summed E-state index contributed by atoms with van der Waals surface area (Å²) in [4.78, 5) is 17.6. The minimum Gasteiger partial charge on any atom is -0.399 e. The molecule has 7 nitrogen and oxygen atoms in total. The smallest absolute Gasteiger partial charge is 0.268 e. The van der Waals surface area contributed by atoms with Crippen LogP contribution in [0.3, 0.4) is 0 Å². The van der Waals surface area contributed by atoms with E-state index in [0.717, 1.165) is 11.3 Å². The summed E-state index contributed by atoms with van der Waals surface area (Å²) in [5, 5.41) is 8.14. The van der Waals surface area contributed by atoms with Crippen LogP contribution in [-0.2, 0) is 10.0 Å². The molecule has 3 aromatic carbocycles. The third-order valence-electron chi connectivity index (χ3n) is 4.61. The lowest BCUT2D eigenvalue weighted by Crippen LogP contribution is -2.13. The van der Waals surface area contributed by atoms with E-state index >= 15 is 0 Å². The van der Waals surface area contributed by atoms with Crippen LogP contribution in [0.4, 0.5) is 11.4 Å². The highest BCUT2D eigenvalue weighted by atomic mass is 35.5. The van der Waals surface area contributed by atoms with Crippen molar-refractivity contribution in [2.45, 2.75) is 4.90 Å². The molecule has 0 aliphatic carbocycles. The second-order valence-electron chi connectivity index (χ2n) is 6.84. The minimum absolute atomic E-state index is 0.0304. The van der Waals surface area contributed by atoms with Gasteiger partial charge >= 0.3 is 0 Å². The zero-order valence-electron chi connectivity index (χ0n) is 16.4. The maximum atomic E-state index is 12.9. The number of carbonyl (C=O) groups excluding carboxylic acids is 1. The Morgan fingerprint density at radius 3 is 2.38 bits per heavy atom. The minimum atomic E-state index is -3.88. The molecule has 0 unspecified atom stereocenters. The number of nitrogens with two attached hydrogens (primary N) is 2. The van der Waals surface area contributed by atoms with Gasteiger partial charge in [-0.05, 0) is 35.9 Å². The second kappa shape index (κ2) is 8.71. The molecule has 0 aliphatic heterocycles. The first kappa shape index (κ1) is 22.0. The van der Waals surface area contributed by atoms with E-state index < -0.39 is 10.0 Å². The van der Waals surface area contributed by atoms with Gasteiger partial charge in [-0.2, -0.15) is 0 Å². The number of primary sulfonamides is 1. The molecule has 0 radical (unpaired) electrons. The highest BCUT2D eigenvalue weighted by Crippen LogP contribution is 2.33. The monoisotopic (exact) mass is 484 g/mol. The van der Waals surface area contributed by atoms with Gasteiger partial charge in [-0.25, -0.2) is 18.5 Å². The molecule has 0 bridgehead atoms. The third kappa shape index (κ3) is 4.66. The Labute approximate surface area is 193 Å². The molecule has 0 atom stereocenters. The van der Waals surface area contributed by atoms with Gasteiger partial charge < -0.3 is 11.1 Å². The molecule has 0 spiro atoms. The van der Waals surface area contributed by atoms with Crippen molar-refractivity contribution in [3.8, 4) is 22.4 Å². The summed E-state index contributed by atoms with van der Waals surface area (Å²) in [5.41, 5.74) is 9.18. The van der Waals surface area contributed by atoms with Crippen molar-refractivity contribution in [1.29, 1.82) is 0 Å². The molecule has 0 fully saturated rings. The Morgan fingerprint density at radius 1 is 0.969 bits per heavy atom. The fraction of sp³-hybridized carbons (Fsp3) is 0. The Kier molecular flexibility index (Phi) is 5.98. The van der Waals surface area contributed by atoms with Gasteiger partial charge in [0.2, 0.25) is 10.0 Å². The summed E-state index contributed by atoms with van der Waals surface area (Å²) in [6, 6.07) is 20.3. The molecule has 0 saturated carbocycles. The van der Waals surface area contributed by atoms with Crippen molar-refractivity contribution >= 4 is 50.2 Å². The van der Waals surface area contributed by atoms with Gasteiger partial charge in [0.15, 0.2) is 4.47 Å². The Morgan fingerprint density at radius 2 is 1.69 bits per heavy atom. The zero-order valence-corrected chi connectivity index (χ0v) is 18.8. The number of hydrogen-bond donors (Lipinski definition) is 3. The van der Waals surface area contributed by atoms with Crippen LogP contribution in [0.5, 0.6) is 0 Å². The maximum Gasteiger partial charge on any atom is 0.268 e. The molecular weight excluding hydrogens is 468 g/mol. The van der Waals surface area contributed by atoms with Gasteiger partial charge in [0.25, 0.3) is 5.91 Å². The number of thiazole rings is 1. The van der Waals surface area contributed by atoms with E-state index in [2.05, 4.69) is 10.3 Å². The number of nitrogen functional groups attached to an aromatic ring is 1. The zero-order chi connectivity index (χ0) is 22.9. The Hall–Kier alpha value is -3.24. The van der Waals surface area contributed by atoms with Crippen LogP contribution in [0, 0.1) is 0 Å². The molecule has 32 heavy (non-hydrogen) atoms. The number of anilines is 2. The van der Waals surface area contributed by atoms with E-state index in [0.29, 0.717) is 38.6 Å². The number of halogens is 1. The summed E-state index contributed by atoms with van der Waals surface area (Å²) < 4.78 is 24.0. The van der Waals surface area contributed by atoms with Gasteiger partial charge in [0.1, 0.15) is 4.88 Å². The highest BCUT2D eigenvalue weighted by Gasteiger charge is 2.20. The first-order valence-electron chi connectivity index (χ1n) is 9.28. The number of rotatable bonds is 5. The number of amides is 1. The van der Waals surface area contributed by atoms with Gasteiger partial charge in [-0.3, -0.25) is 4.79 Å². The Bertz CT molecular complexity index is 1420. The van der Waals surface area contributed by atoms with E-state index in [9.17, 15) is 13.2 Å². The van der Waals surface area contributed by atoms with Crippen molar-refractivity contribution in [3.05, 3.63) is 82.1 Å². The predicted molar refractivity (Wildman–Crippen MR) is 128 cm³/mol. The number of hydrogen-bond acceptors (Lipinski definition) is 6. The van der Waals surface area contributed by atoms with Crippen molar-refractivity contribution in [2.75, 3.05) is 11.1 Å².